The number of nitrogens with one attached hydrogen (secondary N) is 1. The van der Waals surface area contributed by atoms with E-state index in [0.717, 1.165) is 36.3 Å². The van der Waals surface area contributed by atoms with Crippen LogP contribution in [0, 0.1) is 0 Å². The van der Waals surface area contributed by atoms with Crippen LogP contribution >= 0.6 is 11.6 Å². The highest BCUT2D eigenvalue weighted by Crippen LogP contribution is 2.39. The second-order valence-electron chi connectivity index (χ2n) is 3.81. The summed E-state index contributed by atoms with van der Waals surface area (Å²) >= 11 is 6.04. The number of hydrogen-bond donors (Lipinski definition) is 1. The van der Waals surface area contributed by atoms with Crippen molar-refractivity contribution in [2.24, 2.45) is 0 Å². The van der Waals surface area contributed by atoms with Gasteiger partial charge in [0.25, 0.3) is 0 Å². The summed E-state index contributed by atoms with van der Waals surface area (Å²) in [5.41, 5.74) is 1.10. The maximum absolute atomic E-state index is 10.4. The van der Waals surface area contributed by atoms with Crippen LogP contribution in [0.1, 0.15) is 18.4 Å². The van der Waals surface area contributed by atoms with Crippen molar-refractivity contribution < 1.29 is 4.79 Å². The number of halogens is 1. The first kappa shape index (κ1) is 9.53. The molecule has 1 fully saturated rings. The van der Waals surface area contributed by atoms with Crippen LogP contribution in [0.4, 0.5) is 0 Å². The third-order valence-electron chi connectivity index (χ3n) is 2.71. The molecule has 0 heterocycles. The Morgan fingerprint density at radius 1 is 1.43 bits per heavy atom. The Bertz CT molecular complexity index is 347. The normalized spacial score (nSPS) is 17.5. The SMILES string of the molecule is O=CNC1(Cc2ccccc2Cl)CC1. The van der Waals surface area contributed by atoms with E-state index in [9.17, 15) is 4.79 Å². The van der Waals surface area contributed by atoms with Gasteiger partial charge in [-0.15, -0.1) is 0 Å². The Morgan fingerprint density at radius 3 is 2.71 bits per heavy atom. The lowest BCUT2D eigenvalue weighted by Crippen LogP contribution is -2.32. The van der Waals surface area contributed by atoms with Crippen molar-refractivity contribution in [3.8, 4) is 0 Å². The predicted octanol–water partition coefficient (Wildman–Crippen LogP) is 2.16. The smallest absolute Gasteiger partial charge is 0.207 e. The van der Waals surface area contributed by atoms with Crippen LogP contribution in [0.2, 0.25) is 5.02 Å². The molecule has 0 radical (unpaired) electrons. The zero-order chi connectivity index (χ0) is 10.0. The van der Waals surface area contributed by atoms with Crippen LogP contribution in [-0.2, 0) is 11.2 Å². The number of rotatable bonds is 4. The van der Waals surface area contributed by atoms with Crippen LogP contribution in [0.5, 0.6) is 0 Å². The summed E-state index contributed by atoms with van der Waals surface area (Å²) in [5.74, 6) is 0. The van der Waals surface area contributed by atoms with Gasteiger partial charge in [0.15, 0.2) is 0 Å². The number of hydrogen-bond acceptors (Lipinski definition) is 1. The predicted molar refractivity (Wildman–Crippen MR) is 56.3 cm³/mol. The second-order valence-corrected chi connectivity index (χ2v) is 4.22. The Balaban J connectivity index is 2.11. The highest BCUT2D eigenvalue weighted by atomic mass is 35.5. The minimum Gasteiger partial charge on any atom is -0.353 e. The van der Waals surface area contributed by atoms with Crippen molar-refractivity contribution in [3.63, 3.8) is 0 Å². The molecule has 1 N–H and O–H groups in total. The van der Waals surface area contributed by atoms with E-state index in [-0.39, 0.29) is 5.54 Å². The van der Waals surface area contributed by atoms with Crippen LogP contribution in [0.15, 0.2) is 24.3 Å². The van der Waals surface area contributed by atoms with E-state index < -0.39 is 0 Å². The molecule has 3 heteroatoms. The quantitative estimate of drug-likeness (QED) is 0.757. The van der Waals surface area contributed by atoms with Crippen LogP contribution in [-0.4, -0.2) is 11.9 Å². The van der Waals surface area contributed by atoms with Crippen molar-refractivity contribution >= 4 is 18.0 Å². The fourth-order valence-corrected chi connectivity index (χ4v) is 1.86. The molecular weight excluding hydrogens is 198 g/mol. The highest BCUT2D eigenvalue weighted by molar-refractivity contribution is 6.31. The lowest BCUT2D eigenvalue weighted by atomic mass is 10.0. The van der Waals surface area contributed by atoms with E-state index in [1.165, 1.54) is 0 Å². The van der Waals surface area contributed by atoms with Gasteiger partial charge in [-0.05, 0) is 30.9 Å². The topological polar surface area (TPSA) is 29.1 Å². The molecule has 2 nitrogen and oxygen atoms in total. The largest absolute Gasteiger partial charge is 0.353 e. The van der Waals surface area contributed by atoms with Crippen LogP contribution in [0.3, 0.4) is 0 Å². The standard InChI is InChI=1S/C11H12ClNO/c12-10-4-2-1-3-9(10)7-11(5-6-11)13-8-14/h1-4,8H,5-7H2,(H,13,14). The van der Waals surface area contributed by atoms with Crippen molar-refractivity contribution in [2.75, 3.05) is 0 Å². The number of carbonyl (C=O) groups excluding carboxylic acids is 1. The molecule has 0 atom stereocenters. The molecule has 2 rings (SSSR count). The molecule has 0 spiro atoms. The van der Waals surface area contributed by atoms with Crippen molar-refractivity contribution in [2.45, 2.75) is 24.8 Å². The van der Waals surface area contributed by atoms with E-state index in [1.807, 2.05) is 24.3 Å². The van der Waals surface area contributed by atoms with Gasteiger partial charge in [-0.1, -0.05) is 29.8 Å². The van der Waals surface area contributed by atoms with Crippen LogP contribution < -0.4 is 5.32 Å². The van der Waals surface area contributed by atoms with E-state index in [4.69, 9.17) is 11.6 Å². The van der Waals surface area contributed by atoms with Gasteiger partial charge < -0.3 is 5.32 Å². The number of amides is 1. The summed E-state index contributed by atoms with van der Waals surface area (Å²) in [7, 11) is 0. The molecule has 1 aliphatic rings. The molecule has 1 aliphatic carbocycles. The van der Waals surface area contributed by atoms with E-state index in [2.05, 4.69) is 5.32 Å². The number of benzene rings is 1. The zero-order valence-electron chi connectivity index (χ0n) is 7.79. The first-order valence-corrected chi connectivity index (χ1v) is 5.08. The van der Waals surface area contributed by atoms with Crippen molar-refractivity contribution in [1.82, 2.24) is 5.32 Å². The first-order valence-electron chi connectivity index (χ1n) is 4.70. The molecule has 0 unspecified atom stereocenters. The molecule has 74 valence electrons. The molecule has 1 aromatic carbocycles. The lowest BCUT2D eigenvalue weighted by molar-refractivity contribution is -0.110. The average Bonchev–Trinajstić information content (AvgIpc) is 2.90. The molecule has 1 aromatic rings. The summed E-state index contributed by atoms with van der Waals surface area (Å²) < 4.78 is 0. The molecule has 1 amide bonds. The van der Waals surface area contributed by atoms with Gasteiger partial charge in [0, 0.05) is 10.6 Å². The van der Waals surface area contributed by atoms with Gasteiger partial charge in [-0.2, -0.15) is 0 Å². The fraction of sp³-hybridized carbons (Fsp3) is 0.364. The van der Waals surface area contributed by atoms with Gasteiger partial charge in [0.1, 0.15) is 0 Å². The molecule has 14 heavy (non-hydrogen) atoms. The van der Waals surface area contributed by atoms with Crippen molar-refractivity contribution in [1.29, 1.82) is 0 Å². The minimum absolute atomic E-state index is 0.00720. The summed E-state index contributed by atoms with van der Waals surface area (Å²) in [4.78, 5) is 10.4. The molecule has 0 bridgehead atoms. The van der Waals surface area contributed by atoms with Gasteiger partial charge in [0.05, 0.1) is 0 Å². The molecule has 0 aromatic heterocycles. The Morgan fingerprint density at radius 2 is 2.14 bits per heavy atom. The molecule has 0 saturated heterocycles. The van der Waals surface area contributed by atoms with Gasteiger partial charge in [-0.3, -0.25) is 4.79 Å². The minimum atomic E-state index is -0.00720. The second kappa shape index (κ2) is 3.62. The highest BCUT2D eigenvalue weighted by Gasteiger charge is 2.42. The average molecular weight is 210 g/mol. The van der Waals surface area contributed by atoms with E-state index in [0.29, 0.717) is 0 Å². The maximum atomic E-state index is 10.4. The summed E-state index contributed by atoms with van der Waals surface area (Å²) in [6, 6.07) is 7.78. The lowest BCUT2D eigenvalue weighted by Gasteiger charge is -2.14. The summed E-state index contributed by atoms with van der Waals surface area (Å²) in [6.07, 6.45) is 3.73. The third kappa shape index (κ3) is 1.90. The van der Waals surface area contributed by atoms with Gasteiger partial charge >= 0.3 is 0 Å². The van der Waals surface area contributed by atoms with Crippen LogP contribution in [0.25, 0.3) is 0 Å². The summed E-state index contributed by atoms with van der Waals surface area (Å²) in [5, 5.41) is 3.65. The fourth-order valence-electron chi connectivity index (χ4n) is 1.65. The molecule has 1 saturated carbocycles. The Labute approximate surface area is 88.3 Å². The summed E-state index contributed by atoms with van der Waals surface area (Å²) in [6.45, 7) is 0. The Hall–Kier alpha value is -1.02. The van der Waals surface area contributed by atoms with Gasteiger partial charge in [-0.25, -0.2) is 0 Å². The molecule has 0 aliphatic heterocycles. The monoisotopic (exact) mass is 209 g/mol. The Kier molecular flexibility index (Phi) is 2.46. The van der Waals surface area contributed by atoms with E-state index >= 15 is 0 Å². The maximum Gasteiger partial charge on any atom is 0.207 e. The number of carbonyl (C=O) groups is 1. The first-order chi connectivity index (χ1) is 6.76. The van der Waals surface area contributed by atoms with E-state index in [1.54, 1.807) is 0 Å². The van der Waals surface area contributed by atoms with Crippen molar-refractivity contribution in [3.05, 3.63) is 34.9 Å². The third-order valence-corrected chi connectivity index (χ3v) is 3.07. The van der Waals surface area contributed by atoms with Gasteiger partial charge in [0.2, 0.25) is 6.41 Å². The zero-order valence-corrected chi connectivity index (χ0v) is 8.55. The molecular formula is C11H12ClNO.